The van der Waals surface area contributed by atoms with Gasteiger partial charge in [0, 0.05) is 27.7 Å². The molecule has 0 aliphatic carbocycles. The lowest BCUT2D eigenvalue weighted by atomic mass is 10.1. The number of nitrogens with one attached hydrogen (secondary N) is 2. The molecule has 0 saturated carbocycles. The van der Waals surface area contributed by atoms with Crippen LogP contribution in [0, 0.1) is 5.82 Å². The van der Waals surface area contributed by atoms with Crippen molar-refractivity contribution in [1.82, 2.24) is 9.62 Å². The summed E-state index contributed by atoms with van der Waals surface area (Å²) in [6.45, 7) is -0.0961. The summed E-state index contributed by atoms with van der Waals surface area (Å²) in [6, 6.07) is 11.5. The first kappa shape index (κ1) is 24.3. The first-order valence-electron chi connectivity index (χ1n) is 9.29. The van der Waals surface area contributed by atoms with Gasteiger partial charge in [0.1, 0.15) is 12.4 Å². The number of methoxy groups -OCH3 is 1. The van der Waals surface area contributed by atoms with Crippen molar-refractivity contribution in [3.63, 3.8) is 0 Å². The van der Waals surface area contributed by atoms with Gasteiger partial charge in [-0.1, -0.05) is 24.3 Å². The number of rotatable bonds is 10. The summed E-state index contributed by atoms with van der Waals surface area (Å²) in [5.41, 5.74) is 0.120. The molecule has 0 spiro atoms. The third-order valence-electron chi connectivity index (χ3n) is 4.19. The van der Waals surface area contributed by atoms with Crippen LogP contribution in [0.4, 0.5) is 15.8 Å². The van der Waals surface area contributed by atoms with Crippen molar-refractivity contribution >= 4 is 33.4 Å². The predicted molar refractivity (Wildman–Crippen MR) is 116 cm³/mol. The van der Waals surface area contributed by atoms with Crippen LogP contribution < -0.4 is 14.9 Å². The molecule has 0 aromatic heterocycles. The Morgan fingerprint density at radius 2 is 1.71 bits per heavy atom. The van der Waals surface area contributed by atoms with E-state index in [9.17, 15) is 22.4 Å². The van der Waals surface area contributed by atoms with Crippen molar-refractivity contribution in [3.05, 3.63) is 59.9 Å². The SMILES string of the molecule is COCCNC(=O)c1ccccc1NC(=O)CN(c1ccccc1F)S(=O)(=O)N(C)C. The third-order valence-corrected chi connectivity index (χ3v) is 5.99. The largest absolute Gasteiger partial charge is 0.383 e. The standard InChI is InChI=1S/C20H25FN4O5S/c1-24(2)31(28,29)25(18-11-7-5-9-16(18)21)14-19(26)23-17-10-6-4-8-15(17)20(27)22-12-13-30-3/h4-11H,12-14H2,1-3H3,(H,22,27)(H,23,26). The summed E-state index contributed by atoms with van der Waals surface area (Å²) >= 11 is 0. The first-order valence-corrected chi connectivity index (χ1v) is 10.7. The molecule has 2 aromatic carbocycles. The van der Waals surface area contributed by atoms with Crippen molar-refractivity contribution in [1.29, 1.82) is 0 Å². The fraction of sp³-hybridized carbons (Fsp3) is 0.300. The lowest BCUT2D eigenvalue weighted by Crippen LogP contribution is -2.44. The molecule has 11 heteroatoms. The minimum Gasteiger partial charge on any atom is -0.383 e. The monoisotopic (exact) mass is 452 g/mol. The Bertz CT molecular complexity index is 1030. The highest BCUT2D eigenvalue weighted by Crippen LogP contribution is 2.23. The van der Waals surface area contributed by atoms with E-state index in [2.05, 4.69) is 10.6 Å². The van der Waals surface area contributed by atoms with E-state index in [0.717, 1.165) is 10.4 Å². The Kier molecular flexibility index (Phi) is 8.48. The molecule has 0 fully saturated rings. The van der Waals surface area contributed by atoms with Crippen LogP contribution >= 0.6 is 0 Å². The zero-order valence-corrected chi connectivity index (χ0v) is 18.3. The highest BCUT2D eigenvalue weighted by molar-refractivity contribution is 7.90. The molecule has 0 aliphatic rings. The molecule has 0 saturated heterocycles. The molecule has 0 heterocycles. The maximum absolute atomic E-state index is 14.3. The van der Waals surface area contributed by atoms with Gasteiger partial charge in [-0.3, -0.25) is 9.59 Å². The second-order valence-corrected chi connectivity index (χ2v) is 8.66. The number of carbonyl (C=O) groups is 2. The van der Waals surface area contributed by atoms with Gasteiger partial charge in [0.15, 0.2) is 0 Å². The topological polar surface area (TPSA) is 108 Å². The van der Waals surface area contributed by atoms with Gasteiger partial charge in [0.05, 0.1) is 23.5 Å². The maximum Gasteiger partial charge on any atom is 0.304 e. The molecule has 9 nitrogen and oxygen atoms in total. The van der Waals surface area contributed by atoms with Crippen molar-refractivity contribution in [3.8, 4) is 0 Å². The number of carbonyl (C=O) groups excluding carboxylic acids is 2. The summed E-state index contributed by atoms with van der Waals surface area (Å²) in [7, 11) is -0.110. The Morgan fingerprint density at radius 3 is 2.35 bits per heavy atom. The quantitative estimate of drug-likeness (QED) is 0.531. The van der Waals surface area contributed by atoms with Gasteiger partial charge in [-0.25, -0.2) is 8.70 Å². The van der Waals surface area contributed by atoms with Gasteiger partial charge in [-0.15, -0.1) is 0 Å². The minimum absolute atomic E-state index is 0.193. The van der Waals surface area contributed by atoms with E-state index in [4.69, 9.17) is 4.74 Å². The number of hydrogen-bond donors (Lipinski definition) is 2. The van der Waals surface area contributed by atoms with Crippen LogP contribution in [0.5, 0.6) is 0 Å². The van der Waals surface area contributed by atoms with E-state index in [1.54, 1.807) is 12.1 Å². The molecule has 2 amide bonds. The lowest BCUT2D eigenvalue weighted by Gasteiger charge is -2.27. The molecule has 2 aromatic rings. The van der Waals surface area contributed by atoms with Gasteiger partial charge in [0.25, 0.3) is 5.91 Å². The molecular weight excluding hydrogens is 427 g/mol. The molecule has 0 bridgehead atoms. The molecule has 168 valence electrons. The molecule has 31 heavy (non-hydrogen) atoms. The van der Waals surface area contributed by atoms with Gasteiger partial charge in [0.2, 0.25) is 5.91 Å². The van der Waals surface area contributed by atoms with E-state index in [-0.39, 0.29) is 23.5 Å². The number of amides is 2. The van der Waals surface area contributed by atoms with Crippen molar-refractivity contribution in [2.45, 2.75) is 0 Å². The van der Waals surface area contributed by atoms with Crippen LogP contribution in [0.25, 0.3) is 0 Å². The molecule has 0 radical (unpaired) electrons. The molecule has 2 N–H and O–H groups in total. The van der Waals surface area contributed by atoms with Crippen LogP contribution in [0.1, 0.15) is 10.4 Å². The second kappa shape index (κ2) is 10.8. The van der Waals surface area contributed by atoms with Crippen LogP contribution in [-0.4, -0.2) is 65.4 Å². The molecular formula is C20H25FN4O5S. The number of hydrogen-bond acceptors (Lipinski definition) is 5. The normalized spacial score (nSPS) is 11.3. The summed E-state index contributed by atoms with van der Waals surface area (Å²) < 4.78 is 46.2. The molecule has 0 unspecified atom stereocenters. The fourth-order valence-electron chi connectivity index (χ4n) is 2.61. The smallest absolute Gasteiger partial charge is 0.304 e. The maximum atomic E-state index is 14.3. The number of ether oxygens (including phenoxy) is 1. The average Bonchev–Trinajstić information content (AvgIpc) is 2.73. The van der Waals surface area contributed by atoms with Gasteiger partial charge in [-0.05, 0) is 24.3 Å². The number of halogens is 1. The van der Waals surface area contributed by atoms with E-state index >= 15 is 0 Å². The first-order chi connectivity index (χ1) is 14.7. The minimum atomic E-state index is -4.17. The molecule has 0 aliphatic heterocycles. The summed E-state index contributed by atoms with van der Waals surface area (Å²) in [4.78, 5) is 25.1. The summed E-state index contributed by atoms with van der Waals surface area (Å²) in [5, 5.41) is 5.18. The van der Waals surface area contributed by atoms with Gasteiger partial charge >= 0.3 is 10.2 Å². The number of nitrogens with zero attached hydrogens (tertiary/aromatic N) is 2. The average molecular weight is 453 g/mol. The Balaban J connectivity index is 2.27. The van der Waals surface area contributed by atoms with Crippen molar-refractivity contribution < 1.29 is 27.1 Å². The highest BCUT2D eigenvalue weighted by atomic mass is 32.2. The summed E-state index contributed by atoms with van der Waals surface area (Å²) in [6.07, 6.45) is 0. The van der Waals surface area contributed by atoms with Crippen LogP contribution in [0.3, 0.4) is 0 Å². The fourth-order valence-corrected chi connectivity index (χ4v) is 3.69. The van der Waals surface area contributed by atoms with Gasteiger partial charge < -0.3 is 15.4 Å². The molecule has 0 atom stereocenters. The Labute approximate surface area is 181 Å². The zero-order chi connectivity index (χ0) is 23.0. The van der Waals surface area contributed by atoms with Gasteiger partial charge in [-0.2, -0.15) is 12.7 Å². The van der Waals surface area contributed by atoms with Crippen LogP contribution in [0.15, 0.2) is 48.5 Å². The van der Waals surface area contributed by atoms with E-state index < -0.39 is 34.4 Å². The zero-order valence-electron chi connectivity index (χ0n) is 17.5. The van der Waals surface area contributed by atoms with Crippen molar-refractivity contribution in [2.24, 2.45) is 0 Å². The lowest BCUT2D eigenvalue weighted by molar-refractivity contribution is -0.114. The van der Waals surface area contributed by atoms with Crippen LogP contribution in [0.2, 0.25) is 0 Å². The predicted octanol–water partition coefficient (Wildman–Crippen LogP) is 1.45. The van der Waals surface area contributed by atoms with E-state index in [1.807, 2.05) is 0 Å². The van der Waals surface area contributed by atoms with Crippen molar-refractivity contribution in [2.75, 3.05) is 50.5 Å². The molecule has 2 rings (SSSR count). The number of anilines is 2. The van der Waals surface area contributed by atoms with Crippen LogP contribution in [-0.2, 0) is 19.7 Å². The Morgan fingerprint density at radius 1 is 1.06 bits per heavy atom. The summed E-state index contributed by atoms with van der Waals surface area (Å²) in [5.74, 6) is -1.97. The van der Waals surface area contributed by atoms with E-state index in [0.29, 0.717) is 10.9 Å². The second-order valence-electron chi connectivity index (χ2n) is 6.59. The van der Waals surface area contributed by atoms with E-state index in [1.165, 1.54) is 51.5 Å². The highest BCUT2D eigenvalue weighted by Gasteiger charge is 2.29. The third kappa shape index (κ3) is 6.23. The Hall–Kier alpha value is -3.02. The number of benzene rings is 2. The number of para-hydroxylation sites is 2.